The highest BCUT2D eigenvalue weighted by molar-refractivity contribution is 6.26. The first-order valence-electron chi connectivity index (χ1n) is 34.8. The second-order valence-corrected chi connectivity index (χ2v) is 27.2. The Kier molecular flexibility index (Phi) is 13.0. The number of benzene rings is 15. The molecule has 0 aliphatic heterocycles. The lowest BCUT2D eigenvalue weighted by Gasteiger charge is -2.21. The lowest BCUT2D eigenvalue weighted by Crippen LogP contribution is -2.14. The van der Waals surface area contributed by atoms with Gasteiger partial charge in [0.15, 0.2) is 0 Å². The van der Waals surface area contributed by atoms with Crippen molar-refractivity contribution in [3.8, 4) is 67.9 Å². The number of hydrogen-bond donors (Lipinski definition) is 0. The molecule has 7 nitrogen and oxygen atoms in total. The molecule has 0 bridgehead atoms. The van der Waals surface area contributed by atoms with Crippen molar-refractivity contribution in [2.45, 2.75) is 19.3 Å². The minimum absolute atomic E-state index is 0.0823. The van der Waals surface area contributed by atoms with Crippen molar-refractivity contribution in [2.24, 2.45) is 0 Å². The van der Waals surface area contributed by atoms with E-state index in [1.165, 1.54) is 92.7 Å². The van der Waals surface area contributed by atoms with Crippen LogP contribution in [-0.2, 0) is 5.41 Å². The molecule has 15 aromatic carbocycles. The van der Waals surface area contributed by atoms with Crippen LogP contribution in [0, 0.1) is 17.9 Å². The molecular formula is C95H61N7. The number of para-hydroxylation sites is 10. The van der Waals surface area contributed by atoms with Crippen LogP contribution >= 0.6 is 0 Å². The molecule has 0 radical (unpaired) electrons. The maximum atomic E-state index is 10.7. The molecule has 1 aliphatic rings. The molecule has 5 heterocycles. The Bertz CT molecular complexity index is 6900. The van der Waals surface area contributed by atoms with Crippen LogP contribution in [0.4, 0.5) is 5.69 Å². The second-order valence-electron chi connectivity index (χ2n) is 27.2. The molecule has 0 unspecified atom stereocenters. The fourth-order valence-corrected chi connectivity index (χ4v) is 17.3. The van der Waals surface area contributed by atoms with E-state index < -0.39 is 0 Å². The minimum atomic E-state index is -0.0823. The zero-order valence-corrected chi connectivity index (χ0v) is 55.9. The number of nitriles is 1. The van der Waals surface area contributed by atoms with Crippen molar-refractivity contribution in [3.05, 3.63) is 362 Å². The molecule has 0 saturated carbocycles. The standard InChI is InChI=1S/C49H30N4.C46H31N3/c1-50-40-31-32(27-29-46(40)52-43-24-12-6-18-35(43)36-19-7-13-25-44(36)52)34-17-5-10-22-41(34)53-45-26-14-9-21-39(45)48-47(53)30-28-38-37-20-8-11-23-42(37)51(49(38)48)33-15-3-2-4-16-33;1-46(2)37-18-8-3-16-35(37)44-38(46)25-26-43-45(44)36-17-7-12-22-42(36)49(43)41-21-11-4-13-32(41)31-24-23-30(27-29(31)28-47)48-39-19-9-5-14-33(39)34-15-6-10-20-40(34)48/h2-31H;3-27H,1-2H3. The fraction of sp³-hybridized carbons (Fsp3) is 0.0316. The van der Waals surface area contributed by atoms with Gasteiger partial charge in [-0.05, 0) is 131 Å². The molecule has 0 fully saturated rings. The first-order chi connectivity index (χ1) is 50.4. The van der Waals surface area contributed by atoms with Crippen LogP contribution in [0.5, 0.6) is 0 Å². The van der Waals surface area contributed by atoms with E-state index >= 15 is 0 Å². The Morgan fingerprint density at radius 2 is 0.745 bits per heavy atom. The quantitative estimate of drug-likeness (QED) is 0.147. The van der Waals surface area contributed by atoms with Gasteiger partial charge in [-0.2, -0.15) is 5.26 Å². The molecule has 0 amide bonds. The van der Waals surface area contributed by atoms with Gasteiger partial charge < -0.3 is 22.8 Å². The SMILES string of the molecule is CC1(C)c2ccccc2-c2c1ccc1c2c2ccccc2n1-c1ccccc1-c1ccc(-n2c3ccccc3c3ccccc32)cc1C#N.[C-]#[N+]c1cc(-c2ccccc2-n2c3ccccc3c3c2ccc2c4ccccc4n(-c4ccccc4)c23)ccc1-n1c2ccccc2c2ccccc21. The predicted molar refractivity (Wildman–Crippen MR) is 424 cm³/mol. The third kappa shape index (κ3) is 8.46. The molecule has 7 heteroatoms. The molecular weight excluding hydrogens is 1240 g/mol. The molecule has 0 N–H and O–H groups in total. The second kappa shape index (κ2) is 22.7. The van der Waals surface area contributed by atoms with E-state index in [1.807, 2.05) is 6.07 Å². The van der Waals surface area contributed by atoms with E-state index in [9.17, 15) is 5.26 Å². The van der Waals surface area contributed by atoms with Gasteiger partial charge in [0.25, 0.3) is 0 Å². The fourth-order valence-electron chi connectivity index (χ4n) is 17.3. The van der Waals surface area contributed by atoms with Gasteiger partial charge in [-0.15, -0.1) is 0 Å². The van der Waals surface area contributed by atoms with E-state index in [1.54, 1.807) is 0 Å². The van der Waals surface area contributed by atoms with Crippen LogP contribution in [0.25, 0.3) is 176 Å². The molecule has 476 valence electrons. The van der Waals surface area contributed by atoms with Crippen molar-refractivity contribution in [1.82, 2.24) is 22.8 Å². The molecule has 0 atom stereocenters. The summed E-state index contributed by atoms with van der Waals surface area (Å²) in [4.78, 5) is 4.13. The smallest absolute Gasteiger partial charge is 0.211 e. The third-order valence-corrected chi connectivity index (χ3v) is 21.6. The molecule has 20 aromatic rings. The largest absolute Gasteiger partial charge is 0.319 e. The van der Waals surface area contributed by atoms with Crippen LogP contribution in [0.15, 0.2) is 334 Å². The lowest BCUT2D eigenvalue weighted by atomic mass is 9.82. The van der Waals surface area contributed by atoms with Crippen molar-refractivity contribution in [2.75, 3.05) is 0 Å². The maximum absolute atomic E-state index is 10.7. The van der Waals surface area contributed by atoms with Crippen LogP contribution in [0.3, 0.4) is 0 Å². The third-order valence-electron chi connectivity index (χ3n) is 21.6. The van der Waals surface area contributed by atoms with Crippen LogP contribution < -0.4 is 0 Å². The van der Waals surface area contributed by atoms with Crippen molar-refractivity contribution in [1.29, 1.82) is 5.26 Å². The average Bonchev–Trinajstić information content (AvgIpc) is 1.54. The summed E-state index contributed by atoms with van der Waals surface area (Å²) in [6.07, 6.45) is 0. The van der Waals surface area contributed by atoms with Gasteiger partial charge in [0.1, 0.15) is 0 Å². The molecule has 0 spiro atoms. The number of aromatic nitrogens is 5. The van der Waals surface area contributed by atoms with E-state index in [-0.39, 0.29) is 5.41 Å². The summed E-state index contributed by atoms with van der Waals surface area (Å²) < 4.78 is 11.7. The summed E-state index contributed by atoms with van der Waals surface area (Å²) in [6.45, 7) is 13.1. The normalized spacial score (nSPS) is 12.5. The zero-order valence-electron chi connectivity index (χ0n) is 55.9. The molecule has 1 aliphatic carbocycles. The van der Waals surface area contributed by atoms with E-state index in [0.717, 1.165) is 89.3 Å². The predicted octanol–water partition coefficient (Wildman–Crippen LogP) is 24.9. The molecule has 102 heavy (non-hydrogen) atoms. The van der Waals surface area contributed by atoms with E-state index in [4.69, 9.17) is 6.57 Å². The summed E-state index contributed by atoms with van der Waals surface area (Å²) in [7, 11) is 0. The van der Waals surface area contributed by atoms with Gasteiger partial charge in [-0.25, -0.2) is 4.85 Å². The van der Waals surface area contributed by atoms with Crippen LogP contribution in [-0.4, -0.2) is 22.8 Å². The Balaban J connectivity index is 0.000000137. The highest BCUT2D eigenvalue weighted by Gasteiger charge is 2.37. The van der Waals surface area contributed by atoms with Gasteiger partial charge in [0, 0.05) is 87.3 Å². The first-order valence-corrected chi connectivity index (χ1v) is 34.8. The summed E-state index contributed by atoms with van der Waals surface area (Å²) in [5.41, 5.74) is 27.1. The van der Waals surface area contributed by atoms with Gasteiger partial charge in [0.05, 0.1) is 90.4 Å². The number of nitrogens with zero attached hydrogens (tertiary/aromatic N) is 7. The Labute approximate surface area is 588 Å². The first kappa shape index (κ1) is 58.4. The highest BCUT2D eigenvalue weighted by Crippen LogP contribution is 2.54. The van der Waals surface area contributed by atoms with Gasteiger partial charge in [-0.3, -0.25) is 0 Å². The summed E-state index contributed by atoms with van der Waals surface area (Å²) in [5.74, 6) is 0. The Morgan fingerprint density at radius 3 is 1.33 bits per heavy atom. The molecule has 5 aromatic heterocycles. The molecule has 21 rings (SSSR count). The number of hydrogen-bond acceptors (Lipinski definition) is 1. The number of fused-ring (bicyclic) bond motifs is 20. The van der Waals surface area contributed by atoms with Gasteiger partial charge in [0.2, 0.25) is 5.69 Å². The Hall–Kier alpha value is -13.7. The van der Waals surface area contributed by atoms with Gasteiger partial charge in [-0.1, -0.05) is 244 Å². The summed E-state index contributed by atoms with van der Waals surface area (Å²) in [6, 6.07) is 121. The monoisotopic (exact) mass is 1300 g/mol. The lowest BCUT2D eigenvalue weighted by molar-refractivity contribution is 0.661. The number of rotatable bonds is 7. The van der Waals surface area contributed by atoms with Crippen LogP contribution in [0.2, 0.25) is 0 Å². The van der Waals surface area contributed by atoms with Crippen molar-refractivity contribution < 1.29 is 0 Å². The van der Waals surface area contributed by atoms with Crippen LogP contribution in [0.1, 0.15) is 30.5 Å². The summed E-state index contributed by atoms with van der Waals surface area (Å²) >= 11 is 0. The minimum Gasteiger partial charge on any atom is -0.319 e. The Morgan fingerprint density at radius 1 is 0.304 bits per heavy atom. The maximum Gasteiger partial charge on any atom is 0.211 e. The van der Waals surface area contributed by atoms with Crippen molar-refractivity contribution >= 4 is 115 Å². The zero-order chi connectivity index (χ0) is 67.9. The topological polar surface area (TPSA) is 52.8 Å². The average molecular weight is 1300 g/mol. The highest BCUT2D eigenvalue weighted by atomic mass is 15.0. The van der Waals surface area contributed by atoms with Crippen molar-refractivity contribution in [3.63, 3.8) is 0 Å². The summed E-state index contributed by atoms with van der Waals surface area (Å²) in [5, 5.41) is 22.8. The van der Waals surface area contributed by atoms with E-state index in [0.29, 0.717) is 11.3 Å². The van der Waals surface area contributed by atoms with E-state index in [2.05, 4.69) is 375 Å². The van der Waals surface area contributed by atoms with Gasteiger partial charge >= 0.3 is 0 Å². The molecule has 0 saturated heterocycles.